The molecule has 0 saturated carbocycles. The van der Waals surface area contributed by atoms with Gasteiger partial charge in [0, 0.05) is 19.5 Å². The van der Waals surface area contributed by atoms with Gasteiger partial charge in [0.1, 0.15) is 18.1 Å². The van der Waals surface area contributed by atoms with Gasteiger partial charge in [-0.25, -0.2) is 8.42 Å². The molecule has 2 aromatic rings. The number of nitrogens with one attached hydrogen (secondary N) is 1. The highest BCUT2D eigenvalue weighted by atomic mass is 32.2. The third kappa shape index (κ3) is 6.46. The van der Waals surface area contributed by atoms with E-state index in [1.54, 1.807) is 29.6 Å². The highest BCUT2D eigenvalue weighted by molar-refractivity contribution is 7.89. The summed E-state index contributed by atoms with van der Waals surface area (Å²) < 4.78 is 38.5. The van der Waals surface area contributed by atoms with Crippen molar-refractivity contribution in [3.63, 3.8) is 0 Å². The summed E-state index contributed by atoms with van der Waals surface area (Å²) in [7, 11) is -1.99. The third-order valence-corrected chi connectivity index (χ3v) is 7.40. The summed E-state index contributed by atoms with van der Waals surface area (Å²) in [5.74, 6) is 1.23. The summed E-state index contributed by atoms with van der Waals surface area (Å²) >= 11 is 0. The number of benzene rings is 2. The van der Waals surface area contributed by atoms with Gasteiger partial charge in [-0.3, -0.25) is 4.79 Å². The Morgan fingerprint density at radius 1 is 1.09 bits per heavy atom. The van der Waals surface area contributed by atoms with Crippen molar-refractivity contribution in [3.05, 3.63) is 53.6 Å². The molecule has 0 atom stereocenters. The number of nitrogens with zero attached hydrogens (tertiary/aromatic N) is 1. The Hall–Kier alpha value is -2.58. The Morgan fingerprint density at radius 2 is 1.88 bits per heavy atom. The molecule has 1 aliphatic rings. The van der Waals surface area contributed by atoms with E-state index in [-0.39, 0.29) is 17.2 Å². The van der Waals surface area contributed by atoms with Crippen LogP contribution in [-0.4, -0.2) is 52.0 Å². The van der Waals surface area contributed by atoms with Crippen LogP contribution in [0.5, 0.6) is 11.5 Å². The summed E-state index contributed by atoms with van der Waals surface area (Å²) in [6.07, 6.45) is 3.45. The van der Waals surface area contributed by atoms with E-state index in [1.807, 2.05) is 31.2 Å². The lowest BCUT2D eigenvalue weighted by Crippen LogP contribution is -2.35. The van der Waals surface area contributed by atoms with Crippen LogP contribution in [0.1, 0.15) is 36.8 Å². The van der Waals surface area contributed by atoms with Crippen LogP contribution in [0.15, 0.2) is 47.4 Å². The smallest absolute Gasteiger partial charge is 0.243 e. The van der Waals surface area contributed by atoms with Crippen LogP contribution >= 0.6 is 0 Å². The minimum absolute atomic E-state index is 0.121. The number of hydrogen-bond acceptors (Lipinski definition) is 5. The molecule has 1 amide bonds. The van der Waals surface area contributed by atoms with Crippen molar-refractivity contribution in [2.45, 2.75) is 43.9 Å². The lowest BCUT2D eigenvalue weighted by atomic mass is 10.1. The molecule has 1 aliphatic heterocycles. The molecule has 0 spiro atoms. The normalized spacial score (nSPS) is 14.7. The average Bonchev–Trinajstić information content (AvgIpc) is 2.81. The van der Waals surface area contributed by atoms with E-state index in [1.165, 1.54) is 0 Å². The van der Waals surface area contributed by atoms with Crippen molar-refractivity contribution < 1.29 is 22.7 Å². The van der Waals surface area contributed by atoms with Crippen molar-refractivity contribution >= 4 is 15.9 Å². The maximum atomic E-state index is 13.0. The number of aryl methyl sites for hydroxylation is 2. The topological polar surface area (TPSA) is 84.9 Å². The highest BCUT2D eigenvalue weighted by Crippen LogP contribution is 2.27. The molecule has 2 aromatic carbocycles. The Balaban J connectivity index is 1.54. The zero-order chi connectivity index (χ0) is 23.0. The van der Waals surface area contributed by atoms with Gasteiger partial charge in [0.2, 0.25) is 15.9 Å². The molecule has 32 heavy (non-hydrogen) atoms. The molecule has 1 saturated heterocycles. The molecular formula is C24H32N2O5S. The number of hydrogen-bond donors (Lipinski definition) is 1. The SMILES string of the molecule is COc1ccc(S(=O)(=O)N2CCCCC2)cc1CCC(=O)NCCOc1cccc(C)c1. The quantitative estimate of drug-likeness (QED) is 0.550. The maximum Gasteiger partial charge on any atom is 0.243 e. The number of carbonyl (C=O) groups excluding carboxylic acids is 1. The van der Waals surface area contributed by atoms with Gasteiger partial charge in [0.05, 0.1) is 18.6 Å². The molecule has 3 rings (SSSR count). The first-order chi connectivity index (χ1) is 15.4. The lowest BCUT2D eigenvalue weighted by molar-refractivity contribution is -0.121. The van der Waals surface area contributed by atoms with Crippen molar-refractivity contribution in [2.24, 2.45) is 0 Å². The molecule has 8 heteroatoms. The minimum Gasteiger partial charge on any atom is -0.496 e. The van der Waals surface area contributed by atoms with E-state index in [0.29, 0.717) is 44.0 Å². The molecule has 1 heterocycles. The van der Waals surface area contributed by atoms with Crippen LogP contribution in [0, 0.1) is 6.92 Å². The predicted molar refractivity (Wildman–Crippen MR) is 124 cm³/mol. The van der Waals surface area contributed by atoms with E-state index in [4.69, 9.17) is 9.47 Å². The molecular weight excluding hydrogens is 428 g/mol. The van der Waals surface area contributed by atoms with Crippen LogP contribution in [-0.2, 0) is 21.2 Å². The van der Waals surface area contributed by atoms with Gasteiger partial charge in [0.15, 0.2) is 0 Å². The first-order valence-electron chi connectivity index (χ1n) is 11.0. The van der Waals surface area contributed by atoms with Gasteiger partial charge < -0.3 is 14.8 Å². The monoisotopic (exact) mass is 460 g/mol. The molecule has 174 valence electrons. The molecule has 0 bridgehead atoms. The molecule has 0 radical (unpaired) electrons. The van der Waals surface area contributed by atoms with Crippen LogP contribution in [0.2, 0.25) is 0 Å². The summed E-state index contributed by atoms with van der Waals surface area (Å²) in [6, 6.07) is 12.6. The van der Waals surface area contributed by atoms with Crippen LogP contribution in [0.25, 0.3) is 0 Å². The summed E-state index contributed by atoms with van der Waals surface area (Å²) in [6.45, 7) is 3.87. The molecule has 1 N–H and O–H groups in total. The van der Waals surface area contributed by atoms with Crippen LogP contribution in [0.3, 0.4) is 0 Å². The molecule has 0 unspecified atom stereocenters. The van der Waals surface area contributed by atoms with Gasteiger partial charge in [-0.2, -0.15) is 4.31 Å². The number of carbonyl (C=O) groups is 1. The van der Waals surface area contributed by atoms with Crippen molar-refractivity contribution in [2.75, 3.05) is 33.4 Å². The number of piperidine rings is 1. The maximum absolute atomic E-state index is 13.0. The Kier molecular flexibility index (Phi) is 8.53. The van der Waals surface area contributed by atoms with E-state index in [2.05, 4.69) is 5.32 Å². The van der Waals surface area contributed by atoms with Crippen LogP contribution in [0.4, 0.5) is 0 Å². The van der Waals surface area contributed by atoms with E-state index in [9.17, 15) is 13.2 Å². The summed E-state index contributed by atoms with van der Waals surface area (Å²) in [5.41, 5.74) is 1.82. The number of rotatable bonds is 10. The third-order valence-electron chi connectivity index (χ3n) is 5.51. The molecule has 0 aliphatic carbocycles. The van der Waals surface area contributed by atoms with E-state index in [0.717, 1.165) is 30.6 Å². The van der Waals surface area contributed by atoms with Gasteiger partial charge in [0.25, 0.3) is 0 Å². The lowest BCUT2D eigenvalue weighted by Gasteiger charge is -2.26. The summed E-state index contributed by atoms with van der Waals surface area (Å²) in [5, 5.41) is 2.84. The van der Waals surface area contributed by atoms with Gasteiger partial charge >= 0.3 is 0 Å². The fourth-order valence-electron chi connectivity index (χ4n) is 3.77. The Morgan fingerprint density at radius 3 is 2.59 bits per heavy atom. The number of amides is 1. The molecule has 7 nitrogen and oxygen atoms in total. The molecule has 1 fully saturated rings. The predicted octanol–water partition coefficient (Wildman–Crippen LogP) is 3.31. The standard InChI is InChI=1S/C24H32N2O5S/c1-19-7-6-8-21(17-19)31-16-13-25-24(27)12-9-20-18-22(10-11-23(20)30-2)32(28,29)26-14-4-3-5-15-26/h6-8,10-11,17-18H,3-5,9,12-16H2,1-2H3,(H,25,27). The van der Waals surface area contributed by atoms with Gasteiger partial charge in [-0.05, 0) is 67.6 Å². The largest absolute Gasteiger partial charge is 0.496 e. The Labute approximate surface area is 190 Å². The van der Waals surface area contributed by atoms with E-state index >= 15 is 0 Å². The Bertz CT molecular complexity index is 1020. The first-order valence-corrected chi connectivity index (χ1v) is 12.5. The highest BCUT2D eigenvalue weighted by Gasteiger charge is 2.26. The number of methoxy groups -OCH3 is 1. The number of ether oxygens (including phenoxy) is 2. The van der Waals surface area contributed by atoms with Crippen molar-refractivity contribution in [1.82, 2.24) is 9.62 Å². The number of sulfonamides is 1. The minimum atomic E-state index is -3.53. The fraction of sp³-hybridized carbons (Fsp3) is 0.458. The first kappa shape index (κ1) is 24.1. The van der Waals surface area contributed by atoms with Gasteiger partial charge in [-0.15, -0.1) is 0 Å². The average molecular weight is 461 g/mol. The van der Waals surface area contributed by atoms with Crippen LogP contribution < -0.4 is 14.8 Å². The fourth-order valence-corrected chi connectivity index (χ4v) is 5.33. The second-order valence-corrected chi connectivity index (χ2v) is 9.89. The van der Waals surface area contributed by atoms with Crippen molar-refractivity contribution in [1.29, 1.82) is 0 Å². The zero-order valence-electron chi connectivity index (χ0n) is 18.8. The zero-order valence-corrected chi connectivity index (χ0v) is 19.6. The second kappa shape index (κ2) is 11.3. The van der Waals surface area contributed by atoms with E-state index < -0.39 is 10.0 Å². The van der Waals surface area contributed by atoms with Gasteiger partial charge in [-0.1, -0.05) is 18.6 Å². The van der Waals surface area contributed by atoms with Crippen molar-refractivity contribution in [3.8, 4) is 11.5 Å². The molecule has 0 aromatic heterocycles. The summed E-state index contributed by atoms with van der Waals surface area (Å²) in [4.78, 5) is 12.5. The second-order valence-electron chi connectivity index (χ2n) is 7.95.